The maximum Gasteiger partial charge on any atom is 0.242 e. The van der Waals surface area contributed by atoms with Crippen LogP contribution in [0.15, 0.2) is 65.7 Å². The minimum atomic E-state index is -0.0878. The van der Waals surface area contributed by atoms with E-state index in [1.165, 1.54) is 18.4 Å². The van der Waals surface area contributed by atoms with Gasteiger partial charge in [-0.3, -0.25) is 9.69 Å². The monoisotopic (exact) mass is 535 g/mol. The van der Waals surface area contributed by atoms with E-state index < -0.39 is 0 Å². The third kappa shape index (κ3) is 8.49. The molecule has 6 nitrogen and oxygen atoms in total. The number of nitrogens with zero attached hydrogens (tertiary/aromatic N) is 2. The standard InChI is InChI=1S/C24H33N5O.HI/c1-2-25-24(28-19-23(30)26-17-20-11-5-3-6-12-20)27-18-22(29-15-9-10-16-29)21-13-7-4-8-14-21;/h3-8,11-14,22H,2,9-10,15-19H2,1H3,(H,26,30)(H2,25,27,28);1H. The van der Waals surface area contributed by atoms with Crippen LogP contribution in [0.25, 0.3) is 0 Å². The number of benzene rings is 2. The van der Waals surface area contributed by atoms with Crippen LogP contribution in [0, 0.1) is 0 Å². The molecule has 1 fully saturated rings. The molecule has 0 radical (unpaired) electrons. The summed E-state index contributed by atoms with van der Waals surface area (Å²) in [6, 6.07) is 20.8. The molecule has 168 valence electrons. The second kappa shape index (κ2) is 14.0. The van der Waals surface area contributed by atoms with Crippen LogP contribution in [0.4, 0.5) is 0 Å². The lowest BCUT2D eigenvalue weighted by molar-refractivity contribution is -0.119. The summed E-state index contributed by atoms with van der Waals surface area (Å²) in [5, 5.41) is 9.61. The molecule has 0 aliphatic carbocycles. The summed E-state index contributed by atoms with van der Waals surface area (Å²) in [4.78, 5) is 19.2. The Morgan fingerprint density at radius 1 is 0.968 bits per heavy atom. The van der Waals surface area contributed by atoms with E-state index in [1.807, 2.05) is 37.3 Å². The molecule has 3 N–H and O–H groups in total. The van der Waals surface area contributed by atoms with Crippen LogP contribution >= 0.6 is 24.0 Å². The average Bonchev–Trinajstić information content (AvgIpc) is 3.32. The molecule has 0 spiro atoms. The maximum absolute atomic E-state index is 12.2. The van der Waals surface area contributed by atoms with Gasteiger partial charge in [0.1, 0.15) is 6.54 Å². The van der Waals surface area contributed by atoms with E-state index >= 15 is 0 Å². The summed E-state index contributed by atoms with van der Waals surface area (Å²) in [6.45, 7) is 6.39. The van der Waals surface area contributed by atoms with Gasteiger partial charge in [-0.2, -0.15) is 0 Å². The summed E-state index contributed by atoms with van der Waals surface area (Å²) in [7, 11) is 0. The summed E-state index contributed by atoms with van der Waals surface area (Å²) in [5.74, 6) is 0.586. The zero-order valence-corrected chi connectivity index (χ0v) is 20.5. The van der Waals surface area contributed by atoms with Crippen LogP contribution < -0.4 is 16.0 Å². The number of aliphatic imine (C=N–C) groups is 1. The molecule has 1 amide bonds. The normalized spacial score (nSPS) is 15.1. The molecule has 3 rings (SSSR count). The van der Waals surface area contributed by atoms with Gasteiger partial charge >= 0.3 is 0 Å². The molecule has 2 aromatic rings. The van der Waals surface area contributed by atoms with Crippen molar-refractivity contribution in [2.24, 2.45) is 4.99 Å². The van der Waals surface area contributed by atoms with Crippen LogP contribution in [-0.2, 0) is 11.3 Å². The first kappa shape index (κ1) is 25.1. The molecule has 2 aromatic carbocycles. The summed E-state index contributed by atoms with van der Waals surface area (Å²) in [5.41, 5.74) is 2.39. The van der Waals surface area contributed by atoms with Crippen LogP contribution in [0.1, 0.15) is 36.9 Å². The first-order valence-electron chi connectivity index (χ1n) is 10.9. The molecule has 0 aromatic heterocycles. The van der Waals surface area contributed by atoms with E-state index in [2.05, 4.69) is 56.2 Å². The fraction of sp³-hybridized carbons (Fsp3) is 0.417. The second-order valence-electron chi connectivity index (χ2n) is 7.51. The molecule has 1 heterocycles. The summed E-state index contributed by atoms with van der Waals surface area (Å²) in [6.07, 6.45) is 2.50. The number of carbonyl (C=O) groups excluding carboxylic acids is 1. The van der Waals surface area contributed by atoms with E-state index in [4.69, 9.17) is 0 Å². The number of likely N-dealkylation sites (tertiary alicyclic amines) is 1. The molecule has 0 bridgehead atoms. The quantitative estimate of drug-likeness (QED) is 0.262. The molecule has 1 unspecified atom stereocenters. The SMILES string of the molecule is CCNC(=NCC(=O)NCc1ccccc1)NCC(c1ccccc1)N1CCCC1.I. The number of amides is 1. The zero-order valence-electron chi connectivity index (χ0n) is 18.2. The Morgan fingerprint density at radius 2 is 1.61 bits per heavy atom. The lowest BCUT2D eigenvalue weighted by Gasteiger charge is -2.29. The van der Waals surface area contributed by atoms with E-state index in [0.29, 0.717) is 18.5 Å². The number of halogens is 1. The molecular weight excluding hydrogens is 501 g/mol. The smallest absolute Gasteiger partial charge is 0.242 e. The molecule has 7 heteroatoms. The van der Waals surface area contributed by atoms with Gasteiger partial charge in [0.05, 0.1) is 6.04 Å². The number of rotatable bonds is 9. The largest absolute Gasteiger partial charge is 0.357 e. The molecule has 31 heavy (non-hydrogen) atoms. The number of hydrogen-bond acceptors (Lipinski definition) is 3. The predicted octanol–water partition coefficient (Wildman–Crippen LogP) is 3.31. The average molecular weight is 535 g/mol. The molecule has 1 atom stereocenters. The van der Waals surface area contributed by atoms with E-state index in [9.17, 15) is 4.79 Å². The minimum absolute atomic E-state index is 0. The van der Waals surface area contributed by atoms with Gasteiger partial charge in [0, 0.05) is 19.6 Å². The topological polar surface area (TPSA) is 68.8 Å². The highest BCUT2D eigenvalue weighted by Crippen LogP contribution is 2.24. The van der Waals surface area contributed by atoms with Gasteiger partial charge in [-0.25, -0.2) is 4.99 Å². The maximum atomic E-state index is 12.2. The van der Waals surface area contributed by atoms with Crippen molar-refractivity contribution in [1.29, 1.82) is 0 Å². The van der Waals surface area contributed by atoms with Gasteiger partial charge in [0.15, 0.2) is 5.96 Å². The van der Waals surface area contributed by atoms with Crippen LogP contribution in [0.3, 0.4) is 0 Å². The van der Waals surface area contributed by atoms with Crippen molar-refractivity contribution >= 4 is 35.8 Å². The number of carbonyl (C=O) groups is 1. The highest BCUT2D eigenvalue weighted by molar-refractivity contribution is 14.0. The third-order valence-electron chi connectivity index (χ3n) is 5.29. The van der Waals surface area contributed by atoms with Crippen molar-refractivity contribution < 1.29 is 4.79 Å². The Kier molecular flexibility index (Phi) is 11.4. The Hall–Kier alpha value is -2.13. The fourth-order valence-electron chi connectivity index (χ4n) is 3.72. The lowest BCUT2D eigenvalue weighted by Crippen LogP contribution is -2.43. The number of guanidine groups is 1. The summed E-state index contributed by atoms with van der Waals surface area (Å²) < 4.78 is 0. The second-order valence-corrected chi connectivity index (χ2v) is 7.51. The van der Waals surface area contributed by atoms with Crippen LogP contribution in [-0.4, -0.2) is 49.5 Å². The highest BCUT2D eigenvalue weighted by Gasteiger charge is 2.23. The van der Waals surface area contributed by atoms with Crippen molar-refractivity contribution in [2.45, 2.75) is 32.4 Å². The molecule has 1 aliphatic heterocycles. The number of hydrogen-bond donors (Lipinski definition) is 3. The predicted molar refractivity (Wildman–Crippen MR) is 138 cm³/mol. The van der Waals surface area contributed by atoms with E-state index in [-0.39, 0.29) is 36.4 Å². The van der Waals surface area contributed by atoms with Crippen molar-refractivity contribution in [3.8, 4) is 0 Å². The molecule has 1 saturated heterocycles. The third-order valence-corrected chi connectivity index (χ3v) is 5.29. The Balaban J connectivity index is 0.00000341. The van der Waals surface area contributed by atoms with Gasteiger partial charge in [-0.15, -0.1) is 24.0 Å². The zero-order chi connectivity index (χ0) is 21.0. The van der Waals surface area contributed by atoms with Crippen molar-refractivity contribution in [3.05, 3.63) is 71.8 Å². The Bertz CT molecular complexity index is 794. The first-order chi connectivity index (χ1) is 14.8. The van der Waals surface area contributed by atoms with Gasteiger partial charge < -0.3 is 16.0 Å². The van der Waals surface area contributed by atoms with E-state index in [1.54, 1.807) is 0 Å². The van der Waals surface area contributed by atoms with E-state index in [0.717, 1.165) is 31.7 Å². The minimum Gasteiger partial charge on any atom is -0.357 e. The van der Waals surface area contributed by atoms with Gasteiger partial charge in [0.25, 0.3) is 0 Å². The van der Waals surface area contributed by atoms with Crippen molar-refractivity contribution in [1.82, 2.24) is 20.9 Å². The Morgan fingerprint density at radius 3 is 2.26 bits per heavy atom. The van der Waals surface area contributed by atoms with Crippen molar-refractivity contribution in [3.63, 3.8) is 0 Å². The van der Waals surface area contributed by atoms with Gasteiger partial charge in [-0.1, -0.05) is 60.7 Å². The van der Waals surface area contributed by atoms with Crippen LogP contribution in [0.5, 0.6) is 0 Å². The molecule has 0 saturated carbocycles. The first-order valence-corrected chi connectivity index (χ1v) is 10.9. The van der Waals surface area contributed by atoms with Crippen LogP contribution in [0.2, 0.25) is 0 Å². The van der Waals surface area contributed by atoms with Gasteiger partial charge in [0.2, 0.25) is 5.91 Å². The molecule has 1 aliphatic rings. The highest BCUT2D eigenvalue weighted by atomic mass is 127. The van der Waals surface area contributed by atoms with Crippen molar-refractivity contribution in [2.75, 3.05) is 32.7 Å². The summed E-state index contributed by atoms with van der Waals surface area (Å²) >= 11 is 0. The fourth-order valence-corrected chi connectivity index (χ4v) is 3.72. The number of nitrogens with one attached hydrogen (secondary N) is 3. The van der Waals surface area contributed by atoms with Gasteiger partial charge in [-0.05, 0) is 44.0 Å². The molecular formula is C24H34IN5O. The Labute approximate surface area is 202 Å². The lowest BCUT2D eigenvalue weighted by atomic mass is 10.1.